The second kappa shape index (κ2) is 63.1. The predicted molar refractivity (Wildman–Crippen MR) is 329 cm³/mol. The summed E-state index contributed by atoms with van der Waals surface area (Å²) in [4.78, 5) is 37.9. The molecule has 0 spiro atoms. The third kappa shape index (κ3) is 60.4. The van der Waals surface area contributed by atoms with Crippen LogP contribution in [-0.4, -0.2) is 37.2 Å². The molecule has 0 fully saturated rings. The lowest BCUT2D eigenvalue weighted by Gasteiger charge is -2.18. The van der Waals surface area contributed by atoms with Crippen molar-refractivity contribution in [1.82, 2.24) is 0 Å². The highest BCUT2D eigenvalue weighted by Gasteiger charge is 2.19. The van der Waals surface area contributed by atoms with E-state index in [4.69, 9.17) is 14.2 Å². The molecule has 0 heterocycles. The van der Waals surface area contributed by atoms with Gasteiger partial charge < -0.3 is 14.2 Å². The van der Waals surface area contributed by atoms with E-state index < -0.39 is 6.10 Å². The van der Waals surface area contributed by atoms with Crippen molar-refractivity contribution in [3.05, 3.63) is 134 Å². The van der Waals surface area contributed by atoms with E-state index in [1.807, 2.05) is 0 Å². The molecule has 0 saturated heterocycles. The van der Waals surface area contributed by atoms with Gasteiger partial charge in [-0.1, -0.05) is 270 Å². The van der Waals surface area contributed by atoms with E-state index in [2.05, 4.69) is 154 Å². The number of ether oxygens (including phenoxy) is 3. The molecule has 0 amide bonds. The fourth-order valence-corrected chi connectivity index (χ4v) is 8.30. The van der Waals surface area contributed by atoms with Gasteiger partial charge in [0.1, 0.15) is 13.2 Å². The molecule has 0 radical (unpaired) electrons. The highest BCUT2D eigenvalue weighted by molar-refractivity contribution is 5.71. The minimum Gasteiger partial charge on any atom is -0.462 e. The largest absolute Gasteiger partial charge is 0.462 e. The van der Waals surface area contributed by atoms with Crippen LogP contribution < -0.4 is 0 Å². The molecule has 6 heteroatoms. The van der Waals surface area contributed by atoms with Crippen LogP contribution in [0.2, 0.25) is 0 Å². The Bertz CT molecular complexity index is 1630. The predicted octanol–water partition coefficient (Wildman–Crippen LogP) is 21.4. The van der Waals surface area contributed by atoms with E-state index in [-0.39, 0.29) is 31.1 Å². The van der Waals surface area contributed by atoms with Gasteiger partial charge in [0, 0.05) is 19.3 Å². The van der Waals surface area contributed by atoms with Crippen LogP contribution in [0.15, 0.2) is 134 Å². The fourth-order valence-electron chi connectivity index (χ4n) is 8.30. The molecule has 0 N–H and O–H groups in total. The summed E-state index contributed by atoms with van der Waals surface area (Å²) in [6.07, 6.45) is 89.2. The van der Waals surface area contributed by atoms with Crippen molar-refractivity contribution in [2.45, 2.75) is 277 Å². The number of hydrogen-bond acceptors (Lipinski definition) is 6. The first-order valence-corrected chi connectivity index (χ1v) is 31.2. The zero-order chi connectivity index (χ0) is 55.0. The Kier molecular flexibility index (Phi) is 59.4. The molecule has 0 aliphatic carbocycles. The van der Waals surface area contributed by atoms with Crippen molar-refractivity contribution < 1.29 is 28.6 Å². The van der Waals surface area contributed by atoms with E-state index in [0.29, 0.717) is 19.3 Å². The van der Waals surface area contributed by atoms with Crippen LogP contribution in [0.3, 0.4) is 0 Å². The SMILES string of the molecule is CC/C=C\C/C=C\C/C=C\C/C=C\C/C=C\C/C=C\C/C=C\C/C=C\CCCCCCCCCCCCC(=O)OCC(COC(=O)CCCCCCCC)OC(=O)CCCCCCCCC/C=C\C/C=C\C/C=C\CC. The Morgan fingerprint density at radius 1 is 0.276 bits per heavy atom. The van der Waals surface area contributed by atoms with Crippen LogP contribution in [0.25, 0.3) is 0 Å². The molecule has 0 aromatic heterocycles. The Hall–Kier alpha value is -4.45. The molecular weight excluding hydrogens is 937 g/mol. The molecule has 76 heavy (non-hydrogen) atoms. The summed E-state index contributed by atoms with van der Waals surface area (Å²) in [6, 6.07) is 0. The fraction of sp³-hybridized carbons (Fsp3) is 0.643. The van der Waals surface area contributed by atoms with Gasteiger partial charge in [0.2, 0.25) is 0 Å². The van der Waals surface area contributed by atoms with Gasteiger partial charge in [0.05, 0.1) is 0 Å². The summed E-state index contributed by atoms with van der Waals surface area (Å²) in [6.45, 7) is 6.34. The Morgan fingerprint density at radius 2 is 0.513 bits per heavy atom. The van der Waals surface area contributed by atoms with Gasteiger partial charge in [-0.05, 0) is 116 Å². The first-order valence-electron chi connectivity index (χ1n) is 31.2. The van der Waals surface area contributed by atoms with Crippen molar-refractivity contribution in [1.29, 1.82) is 0 Å². The molecule has 430 valence electrons. The van der Waals surface area contributed by atoms with E-state index in [0.717, 1.165) is 135 Å². The molecule has 0 aliphatic heterocycles. The Balaban J connectivity index is 4.08. The average Bonchev–Trinajstić information content (AvgIpc) is 3.42. The molecule has 6 nitrogen and oxygen atoms in total. The number of unbranched alkanes of at least 4 members (excludes halogenated alkanes) is 22. The summed E-state index contributed by atoms with van der Waals surface area (Å²) in [5.74, 6) is -0.910. The van der Waals surface area contributed by atoms with Crippen LogP contribution >= 0.6 is 0 Å². The maximum atomic E-state index is 12.8. The number of esters is 3. The summed E-state index contributed by atoms with van der Waals surface area (Å²) < 4.78 is 16.8. The summed E-state index contributed by atoms with van der Waals surface area (Å²) >= 11 is 0. The molecule has 1 atom stereocenters. The standard InChI is InChI=1S/C70H114O6/c1-4-7-10-13-16-18-20-22-24-26-27-28-29-30-31-32-33-34-35-36-37-38-39-40-41-42-43-45-46-48-50-52-54-57-60-63-69(72)75-66-67(65-74-68(71)62-59-56-15-12-9-6-3)76-70(73)64-61-58-55-53-51-49-47-44-25-23-21-19-17-14-11-8-5-2/h7-8,10-11,16-19,22-25,27-28,30-31,33-34,36-37,39-40,67H,4-6,9,12-15,20-21,26,29,32,35,38,41-66H2,1-3H3/b10-7-,11-8-,18-16-,19-17-,24-22-,25-23-,28-27-,31-30-,34-33-,37-36-,40-39-. The van der Waals surface area contributed by atoms with Gasteiger partial charge in [0.25, 0.3) is 0 Å². The number of hydrogen-bond donors (Lipinski definition) is 0. The number of allylic oxidation sites excluding steroid dienone is 22. The Morgan fingerprint density at radius 3 is 0.803 bits per heavy atom. The van der Waals surface area contributed by atoms with E-state index in [1.54, 1.807) is 0 Å². The number of rotatable bonds is 55. The van der Waals surface area contributed by atoms with Crippen LogP contribution in [0.4, 0.5) is 0 Å². The first kappa shape index (κ1) is 71.5. The van der Waals surface area contributed by atoms with E-state index in [9.17, 15) is 14.4 Å². The number of carbonyl (C=O) groups excluding carboxylic acids is 3. The maximum Gasteiger partial charge on any atom is 0.306 e. The quantitative estimate of drug-likeness (QED) is 0.0261. The van der Waals surface area contributed by atoms with Crippen molar-refractivity contribution in [2.24, 2.45) is 0 Å². The van der Waals surface area contributed by atoms with Crippen LogP contribution in [0.5, 0.6) is 0 Å². The maximum absolute atomic E-state index is 12.8. The normalized spacial score (nSPS) is 13.0. The summed E-state index contributed by atoms with van der Waals surface area (Å²) in [7, 11) is 0. The van der Waals surface area contributed by atoms with Gasteiger partial charge in [0.15, 0.2) is 6.10 Å². The molecule has 0 saturated carbocycles. The molecule has 0 aromatic carbocycles. The highest BCUT2D eigenvalue weighted by atomic mass is 16.6. The molecule has 0 bridgehead atoms. The molecule has 0 aromatic rings. The van der Waals surface area contributed by atoms with Gasteiger partial charge >= 0.3 is 17.9 Å². The second-order valence-electron chi connectivity index (χ2n) is 20.2. The van der Waals surface area contributed by atoms with Crippen LogP contribution in [0.1, 0.15) is 271 Å². The lowest BCUT2D eigenvalue weighted by Crippen LogP contribution is -2.30. The minimum atomic E-state index is -0.785. The van der Waals surface area contributed by atoms with Crippen molar-refractivity contribution in [3.8, 4) is 0 Å². The third-order valence-electron chi connectivity index (χ3n) is 12.9. The van der Waals surface area contributed by atoms with Gasteiger partial charge in [-0.15, -0.1) is 0 Å². The topological polar surface area (TPSA) is 78.9 Å². The number of carbonyl (C=O) groups is 3. The average molecular weight is 1050 g/mol. The first-order chi connectivity index (χ1) is 37.5. The van der Waals surface area contributed by atoms with Crippen LogP contribution in [0, 0.1) is 0 Å². The van der Waals surface area contributed by atoms with E-state index >= 15 is 0 Å². The highest BCUT2D eigenvalue weighted by Crippen LogP contribution is 2.15. The smallest absolute Gasteiger partial charge is 0.306 e. The van der Waals surface area contributed by atoms with Gasteiger partial charge in [-0.3, -0.25) is 14.4 Å². The molecule has 1 unspecified atom stereocenters. The van der Waals surface area contributed by atoms with Crippen LogP contribution in [-0.2, 0) is 28.6 Å². The zero-order valence-corrected chi connectivity index (χ0v) is 49.2. The molecular formula is C70H114O6. The summed E-state index contributed by atoms with van der Waals surface area (Å²) in [5, 5.41) is 0. The van der Waals surface area contributed by atoms with E-state index in [1.165, 1.54) is 96.3 Å². The third-order valence-corrected chi connectivity index (χ3v) is 12.9. The monoisotopic (exact) mass is 1050 g/mol. The van der Waals surface area contributed by atoms with Crippen molar-refractivity contribution in [3.63, 3.8) is 0 Å². The second-order valence-corrected chi connectivity index (χ2v) is 20.2. The zero-order valence-electron chi connectivity index (χ0n) is 49.2. The van der Waals surface area contributed by atoms with Crippen molar-refractivity contribution >= 4 is 17.9 Å². The lowest BCUT2D eigenvalue weighted by molar-refractivity contribution is -0.167. The van der Waals surface area contributed by atoms with Gasteiger partial charge in [-0.25, -0.2) is 0 Å². The molecule has 0 rings (SSSR count). The van der Waals surface area contributed by atoms with Crippen molar-refractivity contribution in [2.75, 3.05) is 13.2 Å². The lowest BCUT2D eigenvalue weighted by atomic mass is 10.1. The van der Waals surface area contributed by atoms with Gasteiger partial charge in [-0.2, -0.15) is 0 Å². The Labute approximate surface area is 468 Å². The summed E-state index contributed by atoms with van der Waals surface area (Å²) in [5.41, 5.74) is 0. The molecule has 0 aliphatic rings. The minimum absolute atomic E-state index is 0.0849.